The van der Waals surface area contributed by atoms with E-state index in [9.17, 15) is 14.5 Å². The zero-order valence-corrected chi connectivity index (χ0v) is 20.2. The lowest BCUT2D eigenvalue weighted by Gasteiger charge is -2.38. The molecule has 176 valence electrons. The highest BCUT2D eigenvalue weighted by molar-refractivity contribution is 7.18. The van der Waals surface area contributed by atoms with E-state index >= 15 is 0 Å². The van der Waals surface area contributed by atoms with E-state index in [0.717, 1.165) is 36.1 Å². The van der Waals surface area contributed by atoms with E-state index in [1.807, 2.05) is 41.3 Å². The number of thiophene rings is 1. The summed E-state index contributed by atoms with van der Waals surface area (Å²) in [5.41, 5.74) is 1.66. The Labute approximate surface area is 199 Å². The Balaban J connectivity index is 1.74. The van der Waals surface area contributed by atoms with Crippen LogP contribution in [0.4, 0.5) is 5.69 Å². The number of benzene rings is 1. The quantitative estimate of drug-likeness (QED) is 0.361. The fourth-order valence-corrected chi connectivity index (χ4v) is 6.24. The number of rotatable bonds is 6. The number of nitrogens with zero attached hydrogens (tertiary/aromatic N) is 2. The van der Waals surface area contributed by atoms with Crippen LogP contribution in [0.2, 0.25) is 0 Å². The molecule has 2 aliphatic carbocycles. The van der Waals surface area contributed by atoms with Gasteiger partial charge < -0.3 is 9.64 Å². The summed E-state index contributed by atoms with van der Waals surface area (Å²) in [6, 6.07) is 11.6. The molecule has 33 heavy (non-hydrogen) atoms. The maximum absolute atomic E-state index is 14.0. The van der Waals surface area contributed by atoms with E-state index in [-0.39, 0.29) is 23.9 Å². The van der Waals surface area contributed by atoms with Crippen molar-refractivity contribution in [3.05, 3.63) is 46.2 Å². The summed E-state index contributed by atoms with van der Waals surface area (Å²) in [5.74, 6) is 0.296. The summed E-state index contributed by atoms with van der Waals surface area (Å²) >= 11 is 1.37. The van der Waals surface area contributed by atoms with Gasteiger partial charge in [0.25, 0.3) is 0 Å². The third-order valence-corrected chi connectivity index (χ3v) is 8.34. The highest BCUT2D eigenvalue weighted by Gasteiger charge is 2.37. The number of ether oxygens (including phenoxy) is 1. The number of carbonyl (C=O) groups excluding carboxylic acids is 2. The molecule has 0 aliphatic heterocycles. The van der Waals surface area contributed by atoms with Crippen LogP contribution in [0.1, 0.15) is 68.0 Å². The van der Waals surface area contributed by atoms with Crippen molar-refractivity contribution in [1.82, 2.24) is 0 Å². The molecular formula is C26H32N2O4S. The largest absolute Gasteiger partial charge is 0.465 e. The number of nitroso groups, excluding NO2 is 1. The van der Waals surface area contributed by atoms with Crippen molar-refractivity contribution < 1.29 is 14.3 Å². The third-order valence-electron chi connectivity index (χ3n) is 7.18. The first kappa shape index (κ1) is 23.6. The van der Waals surface area contributed by atoms with Gasteiger partial charge in [-0.15, -0.1) is 11.3 Å². The second-order valence-corrected chi connectivity index (χ2v) is 10.5. The van der Waals surface area contributed by atoms with Gasteiger partial charge in [0.1, 0.15) is 4.88 Å². The summed E-state index contributed by atoms with van der Waals surface area (Å²) in [6.45, 7) is 2.24. The van der Waals surface area contributed by atoms with Crippen molar-refractivity contribution >= 4 is 28.9 Å². The first-order valence-corrected chi connectivity index (χ1v) is 12.8. The standard InChI is InChI=1S/C26H32N2O4S/c1-17-8-10-19(11-9-17)25(29)28(21-14-12-20(27-31)13-15-21)22-16-23(18-6-4-3-5-7-18)33-24(22)26(30)32-2/h3-7,16-17,19-21H,8-15H2,1-2H3. The fourth-order valence-electron chi connectivity index (χ4n) is 5.16. The van der Waals surface area contributed by atoms with Gasteiger partial charge in [0, 0.05) is 16.8 Å². The lowest BCUT2D eigenvalue weighted by molar-refractivity contribution is -0.124. The summed E-state index contributed by atoms with van der Waals surface area (Å²) < 4.78 is 5.11. The van der Waals surface area contributed by atoms with Gasteiger partial charge in [-0.2, -0.15) is 4.91 Å². The number of anilines is 1. The SMILES string of the molecule is COC(=O)c1sc(-c2ccccc2)cc1N(C(=O)C1CCC(C)CC1)C1CCC(N=O)CC1. The van der Waals surface area contributed by atoms with Gasteiger partial charge in [-0.1, -0.05) is 42.4 Å². The van der Waals surface area contributed by atoms with E-state index in [1.54, 1.807) is 0 Å². The van der Waals surface area contributed by atoms with Crippen LogP contribution in [0.5, 0.6) is 0 Å². The summed E-state index contributed by atoms with van der Waals surface area (Å²) in [4.78, 5) is 41.1. The van der Waals surface area contributed by atoms with Crippen LogP contribution < -0.4 is 4.90 Å². The Morgan fingerprint density at radius 3 is 2.27 bits per heavy atom. The highest BCUT2D eigenvalue weighted by Crippen LogP contribution is 2.42. The lowest BCUT2D eigenvalue weighted by Crippen LogP contribution is -2.47. The van der Waals surface area contributed by atoms with Crippen molar-refractivity contribution in [2.45, 2.75) is 70.4 Å². The first-order chi connectivity index (χ1) is 16.0. The number of methoxy groups -OCH3 is 1. The Kier molecular flexibility index (Phi) is 7.58. The lowest BCUT2D eigenvalue weighted by atomic mass is 9.81. The topological polar surface area (TPSA) is 76.0 Å². The summed E-state index contributed by atoms with van der Waals surface area (Å²) in [7, 11) is 1.38. The molecule has 0 N–H and O–H groups in total. The number of amides is 1. The van der Waals surface area contributed by atoms with Crippen molar-refractivity contribution in [3.63, 3.8) is 0 Å². The molecule has 1 aromatic heterocycles. The molecule has 7 heteroatoms. The minimum Gasteiger partial charge on any atom is -0.465 e. The van der Waals surface area contributed by atoms with Gasteiger partial charge in [-0.25, -0.2) is 4.79 Å². The van der Waals surface area contributed by atoms with E-state index in [0.29, 0.717) is 42.2 Å². The second-order valence-electron chi connectivity index (χ2n) is 9.42. The molecule has 4 rings (SSSR count). The van der Waals surface area contributed by atoms with E-state index in [1.165, 1.54) is 18.4 Å². The van der Waals surface area contributed by atoms with Crippen LogP contribution in [0, 0.1) is 16.7 Å². The van der Waals surface area contributed by atoms with Crippen LogP contribution in [-0.4, -0.2) is 31.1 Å². The smallest absolute Gasteiger partial charge is 0.350 e. The Morgan fingerprint density at radius 2 is 1.67 bits per heavy atom. The third kappa shape index (κ3) is 5.18. The second kappa shape index (κ2) is 10.6. The van der Waals surface area contributed by atoms with Crippen molar-refractivity contribution in [2.24, 2.45) is 17.0 Å². The van der Waals surface area contributed by atoms with Gasteiger partial charge in [-0.3, -0.25) is 4.79 Å². The van der Waals surface area contributed by atoms with E-state index in [2.05, 4.69) is 12.1 Å². The fraction of sp³-hybridized carbons (Fsp3) is 0.538. The predicted octanol–water partition coefficient (Wildman–Crippen LogP) is 6.44. The molecule has 2 fully saturated rings. The molecule has 1 amide bonds. The van der Waals surface area contributed by atoms with Gasteiger partial charge >= 0.3 is 5.97 Å². The molecule has 1 heterocycles. The molecule has 0 atom stereocenters. The molecule has 2 aliphatic rings. The Hall–Kier alpha value is -2.54. The van der Waals surface area contributed by atoms with Crippen molar-refractivity contribution in [3.8, 4) is 10.4 Å². The Morgan fingerprint density at radius 1 is 1.00 bits per heavy atom. The zero-order valence-electron chi connectivity index (χ0n) is 19.4. The van der Waals surface area contributed by atoms with Crippen LogP contribution in [0.3, 0.4) is 0 Å². The zero-order chi connectivity index (χ0) is 23.4. The van der Waals surface area contributed by atoms with Gasteiger partial charge in [0.15, 0.2) is 0 Å². The number of hydrogen-bond acceptors (Lipinski definition) is 6. The minimum absolute atomic E-state index is 0.0336. The molecule has 0 saturated heterocycles. The van der Waals surface area contributed by atoms with Crippen LogP contribution >= 0.6 is 11.3 Å². The normalized spacial score (nSPS) is 25.3. The molecule has 0 unspecified atom stereocenters. The molecule has 2 saturated carbocycles. The van der Waals surface area contributed by atoms with Gasteiger partial charge in [-0.05, 0) is 68.9 Å². The molecule has 1 aromatic carbocycles. The van der Waals surface area contributed by atoms with Gasteiger partial charge in [0.2, 0.25) is 5.91 Å². The minimum atomic E-state index is -0.421. The highest BCUT2D eigenvalue weighted by atomic mass is 32.1. The van der Waals surface area contributed by atoms with Crippen molar-refractivity contribution in [2.75, 3.05) is 12.0 Å². The molecule has 0 radical (unpaired) electrons. The predicted molar refractivity (Wildman–Crippen MR) is 132 cm³/mol. The molecule has 6 nitrogen and oxygen atoms in total. The Bertz CT molecular complexity index is 973. The summed E-state index contributed by atoms with van der Waals surface area (Å²) in [5, 5.41) is 3.23. The molecular weight excluding hydrogens is 436 g/mol. The van der Waals surface area contributed by atoms with Crippen LogP contribution in [0.25, 0.3) is 10.4 Å². The average molecular weight is 469 g/mol. The van der Waals surface area contributed by atoms with Gasteiger partial charge in [0.05, 0.1) is 18.8 Å². The maximum atomic E-state index is 14.0. The van der Waals surface area contributed by atoms with Crippen LogP contribution in [0.15, 0.2) is 41.6 Å². The maximum Gasteiger partial charge on any atom is 0.350 e. The van der Waals surface area contributed by atoms with E-state index in [4.69, 9.17) is 4.74 Å². The number of carbonyl (C=O) groups is 2. The number of hydrogen-bond donors (Lipinski definition) is 0. The molecule has 2 aromatic rings. The van der Waals surface area contributed by atoms with E-state index < -0.39 is 5.97 Å². The van der Waals surface area contributed by atoms with Crippen molar-refractivity contribution in [1.29, 1.82) is 0 Å². The van der Waals surface area contributed by atoms with Crippen LogP contribution in [-0.2, 0) is 9.53 Å². The molecule has 0 spiro atoms. The monoisotopic (exact) mass is 468 g/mol. The molecule has 0 bridgehead atoms. The number of esters is 1. The first-order valence-electron chi connectivity index (χ1n) is 11.9. The average Bonchev–Trinajstić information content (AvgIpc) is 3.30. The summed E-state index contributed by atoms with van der Waals surface area (Å²) in [6.07, 6.45) is 6.62.